The van der Waals surface area contributed by atoms with Gasteiger partial charge in [0.25, 0.3) is 5.56 Å². The number of hydrogen-bond donors (Lipinski definition) is 1. The molecule has 3 aromatic rings. The van der Waals surface area contributed by atoms with Crippen LogP contribution in [0.4, 0.5) is 0 Å². The van der Waals surface area contributed by atoms with Crippen molar-refractivity contribution in [2.45, 2.75) is 26.2 Å². The number of fused-ring (bicyclic) bond motifs is 1. The maximum atomic E-state index is 13.1. The van der Waals surface area contributed by atoms with Crippen molar-refractivity contribution in [1.82, 2.24) is 9.66 Å². The Bertz CT molecular complexity index is 1110. The molecule has 27 heavy (non-hydrogen) atoms. The SMILES string of the molecule is CC(C)(C)c1nc2ccc(Br)cc2c(=O)n1N=Cc1cc(I)c(O)c(I)c1. The fourth-order valence-electron chi connectivity index (χ4n) is 2.53. The van der Waals surface area contributed by atoms with Gasteiger partial charge in [-0.2, -0.15) is 9.78 Å². The van der Waals surface area contributed by atoms with E-state index in [1.54, 1.807) is 12.3 Å². The average Bonchev–Trinajstić information content (AvgIpc) is 2.58. The Morgan fingerprint density at radius 2 is 1.81 bits per heavy atom. The normalized spacial score (nSPS) is 12.2. The molecule has 0 aliphatic rings. The highest BCUT2D eigenvalue weighted by Crippen LogP contribution is 2.27. The standard InChI is InChI=1S/C19H16BrI2N3O2/c1-19(2,3)18-24-15-5-4-11(20)8-12(15)17(27)25(18)23-9-10-6-13(21)16(26)14(22)7-10/h4-9,26H,1-3H3. The van der Waals surface area contributed by atoms with E-state index >= 15 is 0 Å². The van der Waals surface area contributed by atoms with Crippen molar-refractivity contribution in [2.24, 2.45) is 5.10 Å². The van der Waals surface area contributed by atoms with E-state index in [0.717, 1.165) is 17.2 Å². The molecule has 0 radical (unpaired) electrons. The van der Waals surface area contributed by atoms with E-state index in [1.807, 2.05) is 45.0 Å². The topological polar surface area (TPSA) is 67.5 Å². The maximum absolute atomic E-state index is 13.1. The number of phenols is 1. The van der Waals surface area contributed by atoms with Crippen molar-refractivity contribution in [1.29, 1.82) is 0 Å². The minimum atomic E-state index is -0.366. The van der Waals surface area contributed by atoms with E-state index in [4.69, 9.17) is 4.98 Å². The minimum Gasteiger partial charge on any atom is -0.506 e. The summed E-state index contributed by atoms with van der Waals surface area (Å²) in [5.74, 6) is 0.833. The van der Waals surface area contributed by atoms with Gasteiger partial charge < -0.3 is 5.11 Å². The van der Waals surface area contributed by atoms with Gasteiger partial charge in [0.05, 0.1) is 24.3 Å². The van der Waals surface area contributed by atoms with Crippen LogP contribution in [0.3, 0.4) is 0 Å². The molecular weight excluding hydrogens is 636 g/mol. The molecule has 0 bridgehead atoms. The first-order chi connectivity index (χ1) is 12.6. The molecule has 8 heteroatoms. The molecule has 0 aliphatic carbocycles. The van der Waals surface area contributed by atoms with Gasteiger partial charge in [0.2, 0.25) is 0 Å². The van der Waals surface area contributed by atoms with Gasteiger partial charge in [-0.15, -0.1) is 0 Å². The number of rotatable bonds is 2. The molecule has 0 saturated carbocycles. The van der Waals surface area contributed by atoms with Crippen LogP contribution in [-0.2, 0) is 5.41 Å². The van der Waals surface area contributed by atoms with Crippen LogP contribution in [0, 0.1) is 7.14 Å². The smallest absolute Gasteiger partial charge is 0.282 e. The third kappa shape index (κ3) is 4.37. The summed E-state index contributed by atoms with van der Waals surface area (Å²) >= 11 is 7.55. The summed E-state index contributed by atoms with van der Waals surface area (Å²) in [7, 11) is 0. The molecule has 0 aliphatic heterocycles. The second-order valence-corrected chi connectivity index (χ2v) is 10.3. The molecule has 1 N–H and O–H groups in total. The van der Waals surface area contributed by atoms with Gasteiger partial charge in [0.15, 0.2) is 0 Å². The van der Waals surface area contributed by atoms with Gasteiger partial charge in [0, 0.05) is 9.89 Å². The molecule has 0 atom stereocenters. The average molecular weight is 652 g/mol. The van der Waals surface area contributed by atoms with E-state index in [1.165, 1.54) is 4.68 Å². The zero-order valence-corrected chi connectivity index (χ0v) is 20.7. The third-order valence-electron chi connectivity index (χ3n) is 3.84. The Hall–Kier alpha value is -1.01. The quantitative estimate of drug-likeness (QED) is 0.304. The first-order valence-electron chi connectivity index (χ1n) is 8.03. The zero-order chi connectivity index (χ0) is 19.9. The van der Waals surface area contributed by atoms with Crippen LogP contribution < -0.4 is 5.56 Å². The molecule has 0 saturated heterocycles. The summed E-state index contributed by atoms with van der Waals surface area (Å²) in [4.78, 5) is 17.8. The number of benzene rings is 2. The van der Waals surface area contributed by atoms with E-state index in [-0.39, 0.29) is 16.7 Å². The molecule has 0 fully saturated rings. The van der Waals surface area contributed by atoms with Gasteiger partial charge >= 0.3 is 0 Å². The van der Waals surface area contributed by atoms with Gasteiger partial charge in [-0.25, -0.2) is 4.98 Å². The maximum Gasteiger partial charge on any atom is 0.282 e. The van der Waals surface area contributed by atoms with E-state index in [0.29, 0.717) is 16.7 Å². The number of aromatic nitrogens is 2. The molecule has 140 valence electrons. The zero-order valence-electron chi connectivity index (χ0n) is 14.8. The lowest BCUT2D eigenvalue weighted by molar-refractivity contribution is 0.467. The second-order valence-electron chi connectivity index (χ2n) is 7.04. The van der Waals surface area contributed by atoms with Crippen LogP contribution >= 0.6 is 61.1 Å². The van der Waals surface area contributed by atoms with Crippen molar-refractivity contribution in [3.63, 3.8) is 0 Å². The van der Waals surface area contributed by atoms with Crippen molar-refractivity contribution in [3.8, 4) is 5.75 Å². The lowest BCUT2D eigenvalue weighted by Crippen LogP contribution is -2.29. The molecular formula is C19H16BrI2N3O2. The first kappa shape index (κ1) is 20.7. The molecule has 0 unspecified atom stereocenters. The number of hydrogen-bond acceptors (Lipinski definition) is 4. The van der Waals surface area contributed by atoms with Crippen LogP contribution in [0.25, 0.3) is 10.9 Å². The summed E-state index contributed by atoms with van der Waals surface area (Å²) in [6.07, 6.45) is 1.62. The monoisotopic (exact) mass is 651 g/mol. The Morgan fingerprint density at radius 3 is 2.41 bits per heavy atom. The van der Waals surface area contributed by atoms with Crippen LogP contribution in [0.15, 0.2) is 44.7 Å². The fraction of sp³-hybridized carbons (Fsp3) is 0.211. The van der Waals surface area contributed by atoms with Crippen molar-refractivity contribution >= 4 is 78.2 Å². The van der Waals surface area contributed by atoms with Crippen molar-refractivity contribution in [2.75, 3.05) is 0 Å². The number of nitrogens with zero attached hydrogens (tertiary/aromatic N) is 3. The van der Waals surface area contributed by atoms with E-state index in [9.17, 15) is 9.90 Å². The molecule has 1 aromatic heterocycles. The predicted molar refractivity (Wildman–Crippen MR) is 129 cm³/mol. The van der Waals surface area contributed by atoms with Crippen LogP contribution in [0.5, 0.6) is 5.75 Å². The number of aromatic hydroxyl groups is 1. The van der Waals surface area contributed by atoms with Gasteiger partial charge in [0.1, 0.15) is 11.6 Å². The molecule has 2 aromatic carbocycles. The Balaban J connectivity index is 2.23. The van der Waals surface area contributed by atoms with Crippen molar-refractivity contribution in [3.05, 3.63) is 63.7 Å². The van der Waals surface area contributed by atoms with Crippen molar-refractivity contribution < 1.29 is 5.11 Å². The van der Waals surface area contributed by atoms with Gasteiger partial charge in [-0.3, -0.25) is 4.79 Å². The number of halogens is 3. The van der Waals surface area contributed by atoms with Gasteiger partial charge in [-0.05, 0) is 81.1 Å². The molecule has 3 rings (SSSR count). The summed E-state index contributed by atoms with van der Waals surface area (Å²) in [5.41, 5.74) is 0.858. The second kappa shape index (κ2) is 7.78. The Morgan fingerprint density at radius 1 is 1.19 bits per heavy atom. The molecule has 0 spiro atoms. The highest BCUT2D eigenvalue weighted by molar-refractivity contribution is 14.1. The largest absolute Gasteiger partial charge is 0.506 e. The Labute approximate surface area is 192 Å². The summed E-state index contributed by atoms with van der Waals surface area (Å²) < 4.78 is 3.63. The van der Waals surface area contributed by atoms with Crippen LogP contribution in [0.2, 0.25) is 0 Å². The molecule has 0 amide bonds. The predicted octanol–water partition coefficient (Wildman–Crippen LogP) is 5.25. The number of phenolic OH excluding ortho intramolecular Hbond substituents is 1. The van der Waals surface area contributed by atoms with Gasteiger partial charge in [-0.1, -0.05) is 36.7 Å². The van der Waals surface area contributed by atoms with Crippen LogP contribution in [-0.4, -0.2) is 21.0 Å². The summed E-state index contributed by atoms with van der Waals surface area (Å²) in [6, 6.07) is 9.09. The summed E-state index contributed by atoms with van der Waals surface area (Å²) in [6.45, 7) is 5.99. The molecule has 1 heterocycles. The lowest BCUT2D eigenvalue weighted by atomic mass is 9.95. The molecule has 5 nitrogen and oxygen atoms in total. The third-order valence-corrected chi connectivity index (χ3v) is 5.98. The summed E-state index contributed by atoms with van der Waals surface area (Å²) in [5, 5.41) is 14.9. The first-order valence-corrected chi connectivity index (χ1v) is 11.0. The fourth-order valence-corrected chi connectivity index (χ4v) is 4.70. The highest BCUT2D eigenvalue weighted by atomic mass is 127. The lowest BCUT2D eigenvalue weighted by Gasteiger charge is -2.20. The van der Waals surface area contributed by atoms with E-state index < -0.39 is 0 Å². The van der Waals surface area contributed by atoms with Crippen LogP contribution in [0.1, 0.15) is 32.2 Å². The minimum absolute atomic E-state index is 0.217. The Kier molecular flexibility index (Phi) is 5.97. The van der Waals surface area contributed by atoms with E-state index in [2.05, 4.69) is 66.2 Å². The highest BCUT2D eigenvalue weighted by Gasteiger charge is 2.22.